The van der Waals surface area contributed by atoms with E-state index in [4.69, 9.17) is 4.74 Å². The van der Waals surface area contributed by atoms with Crippen LogP contribution < -0.4 is 15.4 Å². The van der Waals surface area contributed by atoms with Crippen LogP contribution in [0.3, 0.4) is 0 Å². The highest BCUT2D eigenvalue weighted by Gasteiger charge is 2.27. The van der Waals surface area contributed by atoms with Crippen LogP contribution in [0.15, 0.2) is 12.1 Å². The van der Waals surface area contributed by atoms with Gasteiger partial charge in [-0.05, 0) is 43.5 Å². The third-order valence-electron chi connectivity index (χ3n) is 3.39. The summed E-state index contributed by atoms with van der Waals surface area (Å²) in [5.74, 6) is 0.348. The first-order chi connectivity index (χ1) is 9.01. The summed E-state index contributed by atoms with van der Waals surface area (Å²) in [5, 5.41) is 5.46. The number of ether oxygens (including phenoxy) is 1. The van der Waals surface area contributed by atoms with Gasteiger partial charge in [-0.15, -0.1) is 0 Å². The average molecular weight is 262 g/mol. The highest BCUT2D eigenvalue weighted by Crippen LogP contribution is 2.28. The molecule has 2 N–H and O–H groups in total. The van der Waals surface area contributed by atoms with E-state index >= 15 is 0 Å². The van der Waals surface area contributed by atoms with Crippen LogP contribution in [0.4, 0.5) is 5.69 Å². The first-order valence-electron chi connectivity index (χ1n) is 6.26. The van der Waals surface area contributed by atoms with Crippen molar-refractivity contribution in [1.29, 1.82) is 0 Å². The molecule has 0 aliphatic carbocycles. The van der Waals surface area contributed by atoms with E-state index in [2.05, 4.69) is 10.6 Å². The van der Waals surface area contributed by atoms with E-state index in [0.717, 1.165) is 11.1 Å². The normalized spacial score (nSPS) is 18.1. The number of methoxy groups -OCH3 is 1. The van der Waals surface area contributed by atoms with Gasteiger partial charge in [0.25, 0.3) is 0 Å². The van der Waals surface area contributed by atoms with Crippen molar-refractivity contribution in [3.63, 3.8) is 0 Å². The second-order valence-corrected chi connectivity index (χ2v) is 4.78. The minimum atomic E-state index is -0.446. The molecule has 0 bridgehead atoms. The molecule has 1 aliphatic heterocycles. The second-order valence-electron chi connectivity index (χ2n) is 4.78. The number of rotatable bonds is 3. The van der Waals surface area contributed by atoms with Gasteiger partial charge in [0.2, 0.25) is 11.8 Å². The summed E-state index contributed by atoms with van der Waals surface area (Å²) in [6.07, 6.45) is 0.944. The van der Waals surface area contributed by atoms with Crippen LogP contribution in [-0.4, -0.2) is 25.0 Å². The van der Waals surface area contributed by atoms with Crippen molar-refractivity contribution in [2.24, 2.45) is 0 Å². The largest absolute Gasteiger partial charge is 0.495 e. The molecular formula is C14H18N2O3. The Morgan fingerprint density at radius 1 is 1.37 bits per heavy atom. The third kappa shape index (κ3) is 2.86. The summed E-state index contributed by atoms with van der Waals surface area (Å²) >= 11 is 0. The Hall–Kier alpha value is -2.04. The van der Waals surface area contributed by atoms with Crippen LogP contribution in [0.5, 0.6) is 5.75 Å². The molecule has 1 aromatic carbocycles. The fraction of sp³-hybridized carbons (Fsp3) is 0.429. The quantitative estimate of drug-likeness (QED) is 0.868. The number of anilines is 1. The van der Waals surface area contributed by atoms with Gasteiger partial charge in [-0.1, -0.05) is 0 Å². The number of benzene rings is 1. The van der Waals surface area contributed by atoms with Crippen LogP contribution in [0.2, 0.25) is 0 Å². The van der Waals surface area contributed by atoms with Crippen molar-refractivity contribution in [2.45, 2.75) is 32.7 Å². The predicted octanol–water partition coefficient (Wildman–Crippen LogP) is 1.53. The summed E-state index contributed by atoms with van der Waals surface area (Å²) in [6.45, 7) is 3.96. The lowest BCUT2D eigenvalue weighted by Gasteiger charge is -2.15. The number of nitrogens with one attached hydrogen (secondary N) is 2. The molecule has 19 heavy (non-hydrogen) atoms. The van der Waals surface area contributed by atoms with Crippen LogP contribution in [0, 0.1) is 13.8 Å². The Balaban J connectivity index is 2.16. The van der Waals surface area contributed by atoms with Crippen LogP contribution in [-0.2, 0) is 9.59 Å². The maximum absolute atomic E-state index is 12.0. The highest BCUT2D eigenvalue weighted by atomic mass is 16.5. The van der Waals surface area contributed by atoms with E-state index in [0.29, 0.717) is 24.3 Å². The Labute approximate surface area is 112 Å². The second kappa shape index (κ2) is 5.30. The predicted molar refractivity (Wildman–Crippen MR) is 72.3 cm³/mol. The van der Waals surface area contributed by atoms with Gasteiger partial charge < -0.3 is 15.4 Å². The molecule has 102 valence electrons. The lowest BCUT2D eigenvalue weighted by atomic mass is 10.1. The van der Waals surface area contributed by atoms with E-state index in [9.17, 15) is 9.59 Å². The molecule has 0 aromatic heterocycles. The first-order valence-corrected chi connectivity index (χ1v) is 6.26. The summed E-state index contributed by atoms with van der Waals surface area (Å²) in [7, 11) is 1.57. The summed E-state index contributed by atoms with van der Waals surface area (Å²) < 4.78 is 5.26. The Bertz CT molecular complexity index is 526. The standard InChI is InChI=1S/C14H18N2O3/c1-8-6-11(12(19-3)7-9(8)2)16-14(18)10-4-5-13(17)15-10/h6-7,10H,4-5H2,1-3H3,(H,15,17)(H,16,18). The maximum Gasteiger partial charge on any atom is 0.247 e. The van der Waals surface area contributed by atoms with Gasteiger partial charge >= 0.3 is 0 Å². The molecule has 1 unspecified atom stereocenters. The monoisotopic (exact) mass is 262 g/mol. The zero-order chi connectivity index (χ0) is 14.0. The van der Waals surface area contributed by atoms with Crippen LogP contribution in [0.25, 0.3) is 0 Å². The van der Waals surface area contributed by atoms with Gasteiger partial charge in [0.15, 0.2) is 0 Å². The Morgan fingerprint density at radius 2 is 2.05 bits per heavy atom. The summed E-state index contributed by atoms with van der Waals surface area (Å²) in [4.78, 5) is 23.2. The fourth-order valence-corrected chi connectivity index (χ4v) is 2.09. The number of carbonyl (C=O) groups excluding carboxylic acids is 2. The van der Waals surface area contributed by atoms with Crippen molar-refractivity contribution in [2.75, 3.05) is 12.4 Å². The average Bonchev–Trinajstić information content (AvgIpc) is 2.80. The summed E-state index contributed by atoms with van der Waals surface area (Å²) in [5.41, 5.74) is 2.81. The molecular weight excluding hydrogens is 244 g/mol. The fourth-order valence-electron chi connectivity index (χ4n) is 2.09. The van der Waals surface area contributed by atoms with Crippen LogP contribution >= 0.6 is 0 Å². The molecule has 1 aliphatic rings. The number of hydrogen-bond donors (Lipinski definition) is 2. The molecule has 0 saturated carbocycles. The van der Waals surface area contributed by atoms with Gasteiger partial charge in [-0.3, -0.25) is 9.59 Å². The SMILES string of the molecule is COc1cc(C)c(C)cc1NC(=O)C1CCC(=O)N1. The minimum Gasteiger partial charge on any atom is -0.495 e. The van der Waals surface area contributed by atoms with E-state index in [1.54, 1.807) is 7.11 Å². The number of aryl methyl sites for hydroxylation is 2. The van der Waals surface area contributed by atoms with Gasteiger partial charge in [-0.25, -0.2) is 0 Å². The third-order valence-corrected chi connectivity index (χ3v) is 3.39. The molecule has 2 amide bonds. The molecule has 1 heterocycles. The smallest absolute Gasteiger partial charge is 0.247 e. The van der Waals surface area contributed by atoms with Crippen molar-refractivity contribution < 1.29 is 14.3 Å². The molecule has 0 spiro atoms. The molecule has 5 nitrogen and oxygen atoms in total. The van der Waals surface area contributed by atoms with Crippen molar-refractivity contribution >= 4 is 17.5 Å². The number of hydrogen-bond acceptors (Lipinski definition) is 3. The zero-order valence-electron chi connectivity index (χ0n) is 11.4. The lowest BCUT2D eigenvalue weighted by Crippen LogP contribution is -2.37. The maximum atomic E-state index is 12.0. The molecule has 2 rings (SSSR count). The minimum absolute atomic E-state index is 0.0767. The molecule has 1 aromatic rings. The summed E-state index contributed by atoms with van der Waals surface area (Å²) in [6, 6.07) is 3.32. The highest BCUT2D eigenvalue weighted by molar-refractivity contribution is 5.99. The van der Waals surface area contributed by atoms with Gasteiger partial charge in [0.05, 0.1) is 12.8 Å². The zero-order valence-corrected chi connectivity index (χ0v) is 11.4. The molecule has 5 heteroatoms. The lowest BCUT2D eigenvalue weighted by molar-refractivity contribution is -0.122. The number of carbonyl (C=O) groups is 2. The molecule has 1 fully saturated rings. The van der Waals surface area contributed by atoms with Gasteiger partial charge in [0.1, 0.15) is 11.8 Å². The topological polar surface area (TPSA) is 67.4 Å². The van der Waals surface area contributed by atoms with Gasteiger partial charge in [-0.2, -0.15) is 0 Å². The van der Waals surface area contributed by atoms with E-state index < -0.39 is 6.04 Å². The van der Waals surface area contributed by atoms with Crippen molar-refractivity contribution in [3.8, 4) is 5.75 Å². The van der Waals surface area contributed by atoms with Gasteiger partial charge in [0, 0.05) is 6.42 Å². The van der Waals surface area contributed by atoms with Crippen molar-refractivity contribution in [3.05, 3.63) is 23.3 Å². The molecule has 0 radical (unpaired) electrons. The Kier molecular flexibility index (Phi) is 3.74. The molecule has 1 saturated heterocycles. The van der Waals surface area contributed by atoms with E-state index in [1.165, 1.54) is 0 Å². The first kappa shape index (κ1) is 13.4. The van der Waals surface area contributed by atoms with E-state index in [-0.39, 0.29) is 11.8 Å². The van der Waals surface area contributed by atoms with Crippen molar-refractivity contribution in [1.82, 2.24) is 5.32 Å². The molecule has 1 atom stereocenters. The number of amides is 2. The van der Waals surface area contributed by atoms with E-state index in [1.807, 2.05) is 26.0 Å². The Morgan fingerprint density at radius 3 is 2.63 bits per heavy atom. The van der Waals surface area contributed by atoms with Crippen LogP contribution in [0.1, 0.15) is 24.0 Å².